The summed E-state index contributed by atoms with van der Waals surface area (Å²) in [4.78, 5) is 6.34. The van der Waals surface area contributed by atoms with Crippen LogP contribution in [0.15, 0.2) is 58.0 Å². The molecule has 3 nitrogen and oxygen atoms in total. The lowest BCUT2D eigenvalue weighted by molar-refractivity contribution is 0.530. The number of guanidine groups is 1. The van der Waals surface area contributed by atoms with Gasteiger partial charge in [-0.3, -0.25) is 4.99 Å². The molecule has 0 aromatic heterocycles. The van der Waals surface area contributed by atoms with Crippen LogP contribution in [0, 0.1) is 5.82 Å². The van der Waals surface area contributed by atoms with Gasteiger partial charge in [0.25, 0.3) is 0 Å². The van der Waals surface area contributed by atoms with Crippen LogP contribution < -0.4 is 10.6 Å². The molecule has 1 atom stereocenters. The van der Waals surface area contributed by atoms with E-state index in [2.05, 4.69) is 33.9 Å². The molecule has 2 N–H and O–H groups in total. The van der Waals surface area contributed by atoms with E-state index in [4.69, 9.17) is 5.73 Å². The molecule has 1 aliphatic heterocycles. The fourth-order valence-electron chi connectivity index (χ4n) is 2.74. The zero-order chi connectivity index (χ0) is 15.0. The lowest BCUT2D eigenvalue weighted by Crippen LogP contribution is -2.48. The van der Waals surface area contributed by atoms with E-state index < -0.39 is 5.54 Å². The Morgan fingerprint density at radius 3 is 2.52 bits per heavy atom. The van der Waals surface area contributed by atoms with Gasteiger partial charge in [-0.05, 0) is 42.8 Å². The highest BCUT2D eigenvalue weighted by atomic mass is 79.9. The molecule has 3 rings (SSSR count). The van der Waals surface area contributed by atoms with E-state index >= 15 is 0 Å². The second-order valence-electron chi connectivity index (χ2n) is 5.24. The summed E-state index contributed by atoms with van der Waals surface area (Å²) < 4.78 is 14.2. The molecule has 21 heavy (non-hydrogen) atoms. The number of nitrogens with zero attached hydrogens (tertiary/aromatic N) is 2. The van der Waals surface area contributed by atoms with Crippen LogP contribution in [-0.2, 0) is 5.54 Å². The maximum atomic E-state index is 13.2. The van der Waals surface area contributed by atoms with E-state index in [1.54, 1.807) is 12.1 Å². The second-order valence-corrected chi connectivity index (χ2v) is 6.09. The Balaban J connectivity index is 2.10. The Kier molecular flexibility index (Phi) is 3.45. The number of nitrogens with two attached hydrogens (primary N) is 1. The van der Waals surface area contributed by atoms with Crippen LogP contribution in [0.3, 0.4) is 0 Å². The summed E-state index contributed by atoms with van der Waals surface area (Å²) in [7, 11) is 0. The quantitative estimate of drug-likeness (QED) is 0.900. The average Bonchev–Trinajstić information content (AvgIpc) is 2.77. The normalized spacial score (nSPS) is 21.5. The lowest BCUT2D eigenvalue weighted by Gasteiger charge is -2.37. The van der Waals surface area contributed by atoms with Gasteiger partial charge in [0, 0.05) is 10.2 Å². The zero-order valence-electron chi connectivity index (χ0n) is 11.6. The third kappa shape index (κ3) is 2.31. The standard InChI is InChI=1S/C16H15BrFN3/c1-16(13-4-2-3-5-14(13)17)10-20-15(19)21(16)12-8-6-11(18)7-9-12/h2-9H,10H2,1H3,(H2,19,20). The molecule has 1 unspecified atom stereocenters. The minimum atomic E-state index is -0.401. The molecule has 1 aliphatic rings. The van der Waals surface area contributed by atoms with Crippen LogP contribution in [0.1, 0.15) is 12.5 Å². The first kappa shape index (κ1) is 14.1. The van der Waals surface area contributed by atoms with E-state index in [-0.39, 0.29) is 5.82 Å². The maximum absolute atomic E-state index is 13.2. The van der Waals surface area contributed by atoms with Crippen molar-refractivity contribution in [3.63, 3.8) is 0 Å². The first-order chi connectivity index (χ1) is 10.0. The van der Waals surface area contributed by atoms with Gasteiger partial charge in [0.05, 0.1) is 12.1 Å². The Hall–Kier alpha value is -1.88. The summed E-state index contributed by atoms with van der Waals surface area (Å²) in [5, 5.41) is 0. The van der Waals surface area contributed by atoms with E-state index in [0.717, 1.165) is 15.7 Å². The third-order valence-corrected chi connectivity index (χ3v) is 4.50. The predicted molar refractivity (Wildman–Crippen MR) is 86.9 cm³/mol. The topological polar surface area (TPSA) is 41.6 Å². The van der Waals surface area contributed by atoms with Crippen molar-refractivity contribution in [2.45, 2.75) is 12.5 Å². The van der Waals surface area contributed by atoms with Crippen molar-refractivity contribution in [2.75, 3.05) is 11.4 Å². The zero-order valence-corrected chi connectivity index (χ0v) is 13.1. The number of aliphatic imine (C=N–C) groups is 1. The number of halogens is 2. The van der Waals surface area contributed by atoms with Gasteiger partial charge in [-0.2, -0.15) is 0 Å². The fourth-order valence-corrected chi connectivity index (χ4v) is 3.45. The highest BCUT2D eigenvalue weighted by molar-refractivity contribution is 9.10. The predicted octanol–water partition coefficient (Wildman–Crippen LogP) is 3.64. The molecule has 2 aromatic rings. The lowest BCUT2D eigenvalue weighted by atomic mass is 9.90. The summed E-state index contributed by atoms with van der Waals surface area (Å²) in [5.41, 5.74) is 7.60. The summed E-state index contributed by atoms with van der Waals surface area (Å²) in [6, 6.07) is 14.3. The van der Waals surface area contributed by atoms with Crippen LogP contribution in [0.4, 0.5) is 10.1 Å². The number of rotatable bonds is 2. The Morgan fingerprint density at radius 2 is 1.86 bits per heavy atom. The second kappa shape index (κ2) is 5.15. The number of anilines is 1. The Bertz CT molecular complexity index is 699. The summed E-state index contributed by atoms with van der Waals surface area (Å²) in [6.07, 6.45) is 0. The van der Waals surface area contributed by atoms with Crippen LogP contribution in [0.25, 0.3) is 0 Å². The van der Waals surface area contributed by atoms with Gasteiger partial charge in [0.1, 0.15) is 5.82 Å². The van der Waals surface area contributed by atoms with Crippen molar-refractivity contribution in [2.24, 2.45) is 10.7 Å². The number of benzene rings is 2. The molecule has 0 radical (unpaired) electrons. The minimum Gasteiger partial charge on any atom is -0.369 e. The highest BCUT2D eigenvalue weighted by Crippen LogP contribution is 2.39. The maximum Gasteiger partial charge on any atom is 0.196 e. The SMILES string of the molecule is CC1(c2ccccc2Br)CN=C(N)N1c1ccc(F)cc1. The van der Waals surface area contributed by atoms with Crippen LogP contribution in [0.5, 0.6) is 0 Å². The fraction of sp³-hybridized carbons (Fsp3) is 0.188. The van der Waals surface area contributed by atoms with Crippen LogP contribution >= 0.6 is 15.9 Å². The van der Waals surface area contributed by atoms with Crippen LogP contribution in [0.2, 0.25) is 0 Å². The van der Waals surface area contributed by atoms with Gasteiger partial charge in [0.2, 0.25) is 0 Å². The van der Waals surface area contributed by atoms with Crippen LogP contribution in [-0.4, -0.2) is 12.5 Å². The third-order valence-electron chi connectivity index (χ3n) is 3.81. The monoisotopic (exact) mass is 347 g/mol. The first-order valence-corrected chi connectivity index (χ1v) is 7.42. The van der Waals surface area contributed by atoms with E-state index in [1.165, 1.54) is 12.1 Å². The van der Waals surface area contributed by atoms with Gasteiger partial charge in [-0.25, -0.2) is 4.39 Å². The molecule has 0 fully saturated rings. The Morgan fingerprint density at radius 1 is 1.19 bits per heavy atom. The molecule has 0 spiro atoms. The summed E-state index contributed by atoms with van der Waals surface area (Å²) >= 11 is 3.59. The molecule has 0 saturated heterocycles. The largest absolute Gasteiger partial charge is 0.369 e. The Labute approximate surface area is 131 Å². The molecular weight excluding hydrogens is 333 g/mol. The van der Waals surface area contributed by atoms with Gasteiger partial charge < -0.3 is 10.6 Å². The molecule has 0 saturated carbocycles. The van der Waals surface area contributed by atoms with Crippen molar-refractivity contribution >= 4 is 27.6 Å². The number of hydrogen-bond donors (Lipinski definition) is 1. The first-order valence-electron chi connectivity index (χ1n) is 6.63. The van der Waals surface area contributed by atoms with E-state index in [0.29, 0.717) is 12.5 Å². The molecule has 1 heterocycles. The van der Waals surface area contributed by atoms with Crippen molar-refractivity contribution < 1.29 is 4.39 Å². The van der Waals surface area contributed by atoms with Gasteiger partial charge >= 0.3 is 0 Å². The minimum absolute atomic E-state index is 0.268. The number of hydrogen-bond acceptors (Lipinski definition) is 3. The van der Waals surface area contributed by atoms with Crippen molar-refractivity contribution in [3.8, 4) is 0 Å². The highest BCUT2D eigenvalue weighted by Gasteiger charge is 2.41. The smallest absolute Gasteiger partial charge is 0.196 e. The molecule has 0 aliphatic carbocycles. The van der Waals surface area contributed by atoms with Gasteiger partial charge in [-0.1, -0.05) is 34.1 Å². The van der Waals surface area contributed by atoms with Crippen molar-refractivity contribution in [1.82, 2.24) is 0 Å². The molecule has 108 valence electrons. The van der Waals surface area contributed by atoms with E-state index in [9.17, 15) is 4.39 Å². The van der Waals surface area contributed by atoms with Gasteiger partial charge in [0.15, 0.2) is 5.96 Å². The molecule has 2 aromatic carbocycles. The summed E-state index contributed by atoms with van der Waals surface area (Å²) in [5.74, 6) is 0.177. The van der Waals surface area contributed by atoms with E-state index in [1.807, 2.05) is 23.1 Å². The van der Waals surface area contributed by atoms with Crippen molar-refractivity contribution in [1.29, 1.82) is 0 Å². The summed E-state index contributed by atoms with van der Waals surface area (Å²) in [6.45, 7) is 2.64. The molecule has 5 heteroatoms. The van der Waals surface area contributed by atoms with Gasteiger partial charge in [-0.15, -0.1) is 0 Å². The molecular formula is C16H15BrFN3. The molecule has 0 amide bonds. The molecule has 0 bridgehead atoms. The van der Waals surface area contributed by atoms with Crippen molar-refractivity contribution in [3.05, 3.63) is 64.4 Å². The average molecular weight is 348 g/mol.